The Balaban J connectivity index is 3.10. The number of aliphatic hydroxyl groups is 1. The van der Waals surface area contributed by atoms with Crippen molar-refractivity contribution in [1.82, 2.24) is 4.98 Å². The van der Waals surface area contributed by atoms with Gasteiger partial charge in [-0.25, -0.2) is 4.98 Å². The zero-order chi connectivity index (χ0) is 13.5. The molecule has 0 radical (unpaired) electrons. The lowest BCUT2D eigenvalue weighted by Gasteiger charge is -2.25. The summed E-state index contributed by atoms with van der Waals surface area (Å²) in [7, 11) is 0. The molecule has 0 atom stereocenters. The molecule has 1 aromatic heterocycles. The number of hydrogen-bond donors (Lipinski definition) is 3. The molecule has 0 unspecified atom stereocenters. The average Bonchev–Trinajstić information content (AvgIpc) is 2.33. The van der Waals surface area contributed by atoms with Gasteiger partial charge in [0.15, 0.2) is 0 Å². The Morgan fingerprint density at radius 2 is 2.22 bits per heavy atom. The molecule has 0 bridgehead atoms. The van der Waals surface area contributed by atoms with E-state index in [1.807, 2.05) is 17.9 Å². The Morgan fingerprint density at radius 3 is 2.78 bits per heavy atom. The highest BCUT2D eigenvalue weighted by Gasteiger charge is 2.15. The maximum Gasteiger partial charge on any atom is 0.139 e. The van der Waals surface area contributed by atoms with E-state index in [-0.39, 0.29) is 12.4 Å². The molecule has 1 rings (SSSR count). The standard InChI is InChI=1S/C13H22N4O/c1-3-4-7-17(8-9-18)13-11(12(14)15)10(2)5-6-16-13/h5-6,18H,3-4,7-9H2,1-2H3,(H3,14,15). The summed E-state index contributed by atoms with van der Waals surface area (Å²) < 4.78 is 0. The van der Waals surface area contributed by atoms with Crippen molar-refractivity contribution < 1.29 is 5.11 Å². The van der Waals surface area contributed by atoms with Crippen LogP contribution in [0.25, 0.3) is 0 Å². The van der Waals surface area contributed by atoms with E-state index in [1.165, 1.54) is 0 Å². The third kappa shape index (κ3) is 3.43. The van der Waals surface area contributed by atoms with Crippen molar-refractivity contribution in [3.8, 4) is 0 Å². The quantitative estimate of drug-likeness (QED) is 0.502. The van der Waals surface area contributed by atoms with Gasteiger partial charge >= 0.3 is 0 Å². The summed E-state index contributed by atoms with van der Waals surface area (Å²) in [6.07, 6.45) is 3.81. The van der Waals surface area contributed by atoms with Gasteiger partial charge in [-0.3, -0.25) is 5.41 Å². The molecule has 0 saturated carbocycles. The second-order valence-corrected chi connectivity index (χ2v) is 4.30. The molecule has 0 amide bonds. The Kier molecular flexibility index (Phi) is 5.58. The Bertz CT molecular complexity index is 406. The van der Waals surface area contributed by atoms with Crippen LogP contribution in [-0.4, -0.2) is 35.6 Å². The number of nitrogens with one attached hydrogen (secondary N) is 1. The fourth-order valence-corrected chi connectivity index (χ4v) is 1.91. The van der Waals surface area contributed by atoms with Crippen LogP contribution in [0.1, 0.15) is 30.9 Å². The summed E-state index contributed by atoms with van der Waals surface area (Å²) in [4.78, 5) is 6.32. The number of rotatable bonds is 7. The summed E-state index contributed by atoms with van der Waals surface area (Å²) in [5.41, 5.74) is 7.24. The van der Waals surface area contributed by atoms with Crippen molar-refractivity contribution in [1.29, 1.82) is 5.41 Å². The predicted octanol–water partition coefficient (Wildman–Crippen LogP) is 1.27. The molecule has 0 saturated heterocycles. The third-order valence-corrected chi connectivity index (χ3v) is 2.86. The molecule has 0 spiro atoms. The first-order valence-electron chi connectivity index (χ1n) is 6.27. The summed E-state index contributed by atoms with van der Waals surface area (Å²) in [5.74, 6) is 0.722. The monoisotopic (exact) mass is 250 g/mol. The molecule has 18 heavy (non-hydrogen) atoms. The Labute approximate surface area is 108 Å². The van der Waals surface area contributed by atoms with Gasteiger partial charge in [0, 0.05) is 19.3 Å². The number of aryl methyl sites for hydroxylation is 1. The van der Waals surface area contributed by atoms with Gasteiger partial charge < -0.3 is 15.7 Å². The van der Waals surface area contributed by atoms with E-state index in [0.717, 1.165) is 24.9 Å². The molecule has 0 aliphatic rings. The largest absolute Gasteiger partial charge is 0.395 e. The maximum atomic E-state index is 9.14. The van der Waals surface area contributed by atoms with E-state index in [4.69, 9.17) is 16.2 Å². The molecule has 4 N–H and O–H groups in total. The number of amidine groups is 1. The highest BCUT2D eigenvalue weighted by molar-refractivity contribution is 6.01. The fourth-order valence-electron chi connectivity index (χ4n) is 1.91. The number of aliphatic hydroxyl groups excluding tert-OH is 1. The molecule has 0 aromatic carbocycles. The van der Waals surface area contributed by atoms with Gasteiger partial charge in [-0.1, -0.05) is 13.3 Å². The van der Waals surface area contributed by atoms with Crippen LogP contribution in [0.15, 0.2) is 12.3 Å². The molecular weight excluding hydrogens is 228 g/mol. The molecule has 1 heterocycles. The van der Waals surface area contributed by atoms with Crippen LogP contribution in [0.5, 0.6) is 0 Å². The number of hydrogen-bond acceptors (Lipinski definition) is 4. The van der Waals surface area contributed by atoms with Crippen molar-refractivity contribution in [3.05, 3.63) is 23.4 Å². The van der Waals surface area contributed by atoms with Crippen molar-refractivity contribution in [3.63, 3.8) is 0 Å². The van der Waals surface area contributed by atoms with Crippen LogP contribution in [-0.2, 0) is 0 Å². The average molecular weight is 250 g/mol. The molecule has 5 heteroatoms. The maximum absolute atomic E-state index is 9.14. The van der Waals surface area contributed by atoms with Crippen molar-refractivity contribution in [2.45, 2.75) is 26.7 Å². The zero-order valence-electron chi connectivity index (χ0n) is 11.1. The lowest BCUT2D eigenvalue weighted by molar-refractivity contribution is 0.301. The van der Waals surface area contributed by atoms with Gasteiger partial charge in [-0.05, 0) is 25.0 Å². The molecule has 0 aliphatic carbocycles. The van der Waals surface area contributed by atoms with Crippen molar-refractivity contribution >= 4 is 11.7 Å². The zero-order valence-corrected chi connectivity index (χ0v) is 11.1. The van der Waals surface area contributed by atoms with E-state index < -0.39 is 0 Å². The predicted molar refractivity (Wildman–Crippen MR) is 74.2 cm³/mol. The van der Waals surface area contributed by atoms with Gasteiger partial charge in [-0.15, -0.1) is 0 Å². The Morgan fingerprint density at radius 1 is 1.50 bits per heavy atom. The fraction of sp³-hybridized carbons (Fsp3) is 0.538. The topological polar surface area (TPSA) is 86.2 Å². The van der Waals surface area contributed by atoms with Crippen LogP contribution in [0.3, 0.4) is 0 Å². The molecule has 0 fully saturated rings. The van der Waals surface area contributed by atoms with Crippen LogP contribution in [0.4, 0.5) is 5.82 Å². The number of unbranched alkanes of at least 4 members (excludes halogenated alkanes) is 1. The molecule has 0 aliphatic heterocycles. The van der Waals surface area contributed by atoms with Crippen LogP contribution >= 0.6 is 0 Å². The lowest BCUT2D eigenvalue weighted by Crippen LogP contribution is -2.31. The first kappa shape index (κ1) is 14.4. The molecular formula is C13H22N4O. The lowest BCUT2D eigenvalue weighted by atomic mass is 10.1. The number of nitrogen functional groups attached to an aromatic ring is 1. The number of aromatic nitrogens is 1. The second kappa shape index (κ2) is 6.96. The van der Waals surface area contributed by atoms with Gasteiger partial charge in [0.25, 0.3) is 0 Å². The van der Waals surface area contributed by atoms with E-state index in [1.54, 1.807) is 6.20 Å². The minimum atomic E-state index is 0.0232. The molecule has 100 valence electrons. The van der Waals surface area contributed by atoms with E-state index >= 15 is 0 Å². The second-order valence-electron chi connectivity index (χ2n) is 4.30. The minimum Gasteiger partial charge on any atom is -0.395 e. The minimum absolute atomic E-state index is 0.0232. The van der Waals surface area contributed by atoms with E-state index in [2.05, 4.69) is 11.9 Å². The van der Waals surface area contributed by atoms with E-state index in [0.29, 0.717) is 17.9 Å². The summed E-state index contributed by atoms with van der Waals surface area (Å²) in [5, 5.41) is 16.8. The summed E-state index contributed by atoms with van der Waals surface area (Å²) >= 11 is 0. The van der Waals surface area contributed by atoms with Crippen molar-refractivity contribution in [2.75, 3.05) is 24.6 Å². The number of nitrogens with zero attached hydrogens (tertiary/aromatic N) is 2. The first-order valence-corrected chi connectivity index (χ1v) is 6.27. The molecule has 5 nitrogen and oxygen atoms in total. The smallest absolute Gasteiger partial charge is 0.139 e. The third-order valence-electron chi connectivity index (χ3n) is 2.86. The van der Waals surface area contributed by atoms with Gasteiger partial charge in [0.1, 0.15) is 11.7 Å². The number of pyridine rings is 1. The number of nitrogens with two attached hydrogens (primary N) is 1. The van der Waals surface area contributed by atoms with Gasteiger partial charge in [0.2, 0.25) is 0 Å². The van der Waals surface area contributed by atoms with Crippen LogP contribution in [0.2, 0.25) is 0 Å². The summed E-state index contributed by atoms with van der Waals surface area (Å²) in [6, 6.07) is 1.84. The number of anilines is 1. The van der Waals surface area contributed by atoms with Crippen molar-refractivity contribution in [2.24, 2.45) is 5.73 Å². The first-order chi connectivity index (χ1) is 8.61. The van der Waals surface area contributed by atoms with E-state index in [9.17, 15) is 0 Å². The Hall–Kier alpha value is -1.62. The van der Waals surface area contributed by atoms with Crippen LogP contribution < -0.4 is 10.6 Å². The highest BCUT2D eigenvalue weighted by atomic mass is 16.3. The van der Waals surface area contributed by atoms with Crippen LogP contribution in [0, 0.1) is 12.3 Å². The SMILES string of the molecule is CCCCN(CCO)c1nccc(C)c1C(=N)N. The highest BCUT2D eigenvalue weighted by Crippen LogP contribution is 2.20. The normalized spacial score (nSPS) is 10.4. The van der Waals surface area contributed by atoms with Gasteiger partial charge in [0.05, 0.1) is 12.2 Å². The van der Waals surface area contributed by atoms with Gasteiger partial charge in [-0.2, -0.15) is 0 Å². The summed E-state index contributed by atoms with van der Waals surface area (Å²) in [6.45, 7) is 5.42. The molecule has 1 aromatic rings.